The molecule has 0 spiro atoms. The molecule has 0 saturated heterocycles. The van der Waals surface area contributed by atoms with E-state index in [2.05, 4.69) is 84.1 Å². The van der Waals surface area contributed by atoms with Gasteiger partial charge in [-0.3, -0.25) is 9.69 Å². The topological polar surface area (TPSA) is 29.5 Å². The van der Waals surface area contributed by atoms with Crippen LogP contribution in [-0.2, 0) is 22.6 Å². The van der Waals surface area contributed by atoms with E-state index in [-0.39, 0.29) is 0 Å². The first-order valence-corrected chi connectivity index (χ1v) is 10.5. The summed E-state index contributed by atoms with van der Waals surface area (Å²) in [5.74, 6) is 1.76. The fourth-order valence-electron chi connectivity index (χ4n) is 4.18. The second-order valence-electron chi connectivity index (χ2n) is 7.70. The van der Waals surface area contributed by atoms with Crippen molar-refractivity contribution in [2.24, 2.45) is 11.8 Å². The molecule has 0 aliphatic heterocycles. The Kier molecular flexibility index (Phi) is 9.78. The standard InChI is InChI=1S/C22H29N.C3H6O2/c1-3-21-15-22(14-18(21)2)23(16-19-10-6-4-7-11-19)17-20-12-8-5-9-13-20;1-2-5-3-4/h4-13,18,21-22H,3,14-17H2,1-2H3;3H,2H2,1H3. The van der Waals surface area contributed by atoms with E-state index in [1.165, 1.54) is 30.4 Å². The fraction of sp³-hybridized carbons (Fsp3) is 0.480. The van der Waals surface area contributed by atoms with Crippen molar-refractivity contribution in [1.82, 2.24) is 4.90 Å². The SMILES string of the molecule is CCC1CC(N(Cc2ccccc2)Cc2ccccc2)CC1C.CCOC=O. The van der Waals surface area contributed by atoms with Crippen LogP contribution in [0, 0.1) is 11.8 Å². The van der Waals surface area contributed by atoms with Gasteiger partial charge in [-0.2, -0.15) is 0 Å². The molecule has 2 aromatic carbocycles. The van der Waals surface area contributed by atoms with Crippen molar-refractivity contribution in [2.75, 3.05) is 6.61 Å². The van der Waals surface area contributed by atoms with E-state index in [0.717, 1.165) is 31.0 Å². The zero-order chi connectivity index (χ0) is 20.2. The smallest absolute Gasteiger partial charge is 0.293 e. The number of hydrogen-bond acceptors (Lipinski definition) is 3. The molecule has 3 atom stereocenters. The molecule has 3 heteroatoms. The van der Waals surface area contributed by atoms with Gasteiger partial charge < -0.3 is 4.74 Å². The molecule has 0 radical (unpaired) electrons. The van der Waals surface area contributed by atoms with Crippen LogP contribution < -0.4 is 0 Å². The summed E-state index contributed by atoms with van der Waals surface area (Å²) >= 11 is 0. The summed E-state index contributed by atoms with van der Waals surface area (Å²) in [6, 6.07) is 22.6. The van der Waals surface area contributed by atoms with E-state index in [0.29, 0.717) is 13.1 Å². The molecule has 1 aliphatic rings. The van der Waals surface area contributed by atoms with Crippen molar-refractivity contribution >= 4 is 6.47 Å². The third-order valence-corrected chi connectivity index (χ3v) is 5.76. The Morgan fingerprint density at radius 1 is 0.929 bits per heavy atom. The Morgan fingerprint density at radius 3 is 1.82 bits per heavy atom. The molecule has 152 valence electrons. The average molecular weight is 382 g/mol. The number of nitrogens with zero attached hydrogens (tertiary/aromatic N) is 1. The summed E-state index contributed by atoms with van der Waals surface area (Å²) in [6.07, 6.45) is 4.03. The van der Waals surface area contributed by atoms with Crippen molar-refractivity contribution in [1.29, 1.82) is 0 Å². The molecule has 1 saturated carbocycles. The lowest BCUT2D eigenvalue weighted by molar-refractivity contribution is -0.128. The first-order chi connectivity index (χ1) is 13.7. The van der Waals surface area contributed by atoms with Crippen LogP contribution in [-0.4, -0.2) is 24.0 Å². The van der Waals surface area contributed by atoms with Gasteiger partial charge in [0.1, 0.15) is 0 Å². The monoisotopic (exact) mass is 381 g/mol. The van der Waals surface area contributed by atoms with Crippen molar-refractivity contribution in [2.45, 2.75) is 59.2 Å². The Balaban J connectivity index is 0.000000500. The lowest BCUT2D eigenvalue weighted by atomic mass is 9.96. The molecule has 0 N–H and O–H groups in total. The minimum atomic E-state index is 0.431. The summed E-state index contributed by atoms with van der Waals surface area (Å²) in [6.45, 7) is 9.57. The molecular formula is C25H35NO2. The molecule has 1 aliphatic carbocycles. The number of benzene rings is 2. The normalized spacial score (nSPS) is 21.1. The largest absolute Gasteiger partial charge is 0.468 e. The quantitative estimate of drug-likeness (QED) is 0.550. The summed E-state index contributed by atoms with van der Waals surface area (Å²) in [4.78, 5) is 11.9. The molecule has 28 heavy (non-hydrogen) atoms. The van der Waals surface area contributed by atoms with Crippen molar-refractivity contribution in [3.63, 3.8) is 0 Å². The predicted molar refractivity (Wildman–Crippen MR) is 116 cm³/mol. The van der Waals surface area contributed by atoms with Gasteiger partial charge in [-0.1, -0.05) is 80.9 Å². The van der Waals surface area contributed by atoms with Crippen molar-refractivity contribution < 1.29 is 9.53 Å². The minimum Gasteiger partial charge on any atom is -0.468 e. The molecule has 0 amide bonds. The maximum absolute atomic E-state index is 9.18. The van der Waals surface area contributed by atoms with Crippen molar-refractivity contribution in [3.05, 3.63) is 71.8 Å². The zero-order valence-corrected chi connectivity index (χ0v) is 17.6. The molecule has 0 aromatic heterocycles. The Bertz CT molecular complexity index is 617. The molecule has 1 fully saturated rings. The number of hydrogen-bond donors (Lipinski definition) is 0. The van der Waals surface area contributed by atoms with Crippen LogP contribution in [0.5, 0.6) is 0 Å². The lowest BCUT2D eigenvalue weighted by Gasteiger charge is -2.29. The highest BCUT2D eigenvalue weighted by molar-refractivity contribution is 5.36. The van der Waals surface area contributed by atoms with E-state index in [1.54, 1.807) is 6.92 Å². The van der Waals surface area contributed by atoms with Gasteiger partial charge in [0, 0.05) is 19.1 Å². The van der Waals surface area contributed by atoms with E-state index >= 15 is 0 Å². The molecular weight excluding hydrogens is 346 g/mol. The molecule has 3 nitrogen and oxygen atoms in total. The summed E-state index contributed by atoms with van der Waals surface area (Å²) in [7, 11) is 0. The van der Waals surface area contributed by atoms with Gasteiger partial charge in [0.2, 0.25) is 0 Å². The van der Waals surface area contributed by atoms with Gasteiger partial charge in [-0.15, -0.1) is 0 Å². The first-order valence-electron chi connectivity index (χ1n) is 10.5. The van der Waals surface area contributed by atoms with Gasteiger partial charge in [0.05, 0.1) is 6.61 Å². The third kappa shape index (κ3) is 7.12. The van der Waals surface area contributed by atoms with Crippen LogP contribution in [0.1, 0.15) is 51.2 Å². The Morgan fingerprint density at radius 2 is 1.46 bits per heavy atom. The lowest BCUT2D eigenvalue weighted by Crippen LogP contribution is -2.32. The van der Waals surface area contributed by atoms with Gasteiger partial charge in [0.15, 0.2) is 0 Å². The zero-order valence-electron chi connectivity index (χ0n) is 17.6. The highest BCUT2D eigenvalue weighted by Gasteiger charge is 2.33. The molecule has 2 aromatic rings. The van der Waals surface area contributed by atoms with Crippen LogP contribution >= 0.6 is 0 Å². The fourth-order valence-corrected chi connectivity index (χ4v) is 4.18. The summed E-state index contributed by atoms with van der Waals surface area (Å²) < 4.78 is 4.15. The molecule has 0 heterocycles. The van der Waals surface area contributed by atoms with Crippen LogP contribution in [0.15, 0.2) is 60.7 Å². The second kappa shape index (κ2) is 12.4. The number of rotatable bonds is 8. The average Bonchev–Trinajstić information content (AvgIpc) is 3.11. The number of carbonyl (C=O) groups is 1. The van der Waals surface area contributed by atoms with Gasteiger partial charge in [-0.05, 0) is 42.7 Å². The molecule has 3 unspecified atom stereocenters. The Labute approximate surface area is 170 Å². The summed E-state index contributed by atoms with van der Waals surface area (Å²) in [5, 5.41) is 0. The number of carbonyl (C=O) groups excluding carboxylic acids is 1. The molecule has 3 rings (SSSR count). The maximum Gasteiger partial charge on any atom is 0.293 e. The van der Waals surface area contributed by atoms with E-state index in [4.69, 9.17) is 0 Å². The van der Waals surface area contributed by atoms with Crippen LogP contribution in [0.3, 0.4) is 0 Å². The second-order valence-corrected chi connectivity index (χ2v) is 7.70. The highest BCUT2D eigenvalue weighted by atomic mass is 16.5. The van der Waals surface area contributed by atoms with Crippen molar-refractivity contribution in [3.8, 4) is 0 Å². The number of ether oxygens (including phenoxy) is 1. The maximum atomic E-state index is 9.18. The van der Waals surface area contributed by atoms with E-state index < -0.39 is 0 Å². The van der Waals surface area contributed by atoms with Crippen LogP contribution in [0.2, 0.25) is 0 Å². The predicted octanol–water partition coefficient (Wildman–Crippen LogP) is 5.69. The summed E-state index contributed by atoms with van der Waals surface area (Å²) in [5.41, 5.74) is 2.85. The van der Waals surface area contributed by atoms with Gasteiger partial charge in [0.25, 0.3) is 6.47 Å². The molecule has 0 bridgehead atoms. The minimum absolute atomic E-state index is 0.431. The highest BCUT2D eigenvalue weighted by Crippen LogP contribution is 2.37. The Hall–Kier alpha value is -2.13. The van der Waals surface area contributed by atoms with Gasteiger partial charge in [-0.25, -0.2) is 0 Å². The van der Waals surface area contributed by atoms with Crippen LogP contribution in [0.25, 0.3) is 0 Å². The first kappa shape index (κ1) is 22.2. The third-order valence-electron chi connectivity index (χ3n) is 5.76. The van der Waals surface area contributed by atoms with E-state index in [1.807, 2.05) is 0 Å². The van der Waals surface area contributed by atoms with Crippen LogP contribution in [0.4, 0.5) is 0 Å². The van der Waals surface area contributed by atoms with Gasteiger partial charge >= 0.3 is 0 Å². The van der Waals surface area contributed by atoms with E-state index in [9.17, 15) is 4.79 Å².